The van der Waals surface area contributed by atoms with Gasteiger partial charge < -0.3 is 27.9 Å². The Kier molecular flexibility index (Phi) is 73.1. The van der Waals surface area contributed by atoms with Crippen LogP contribution in [-0.2, 0) is 32.7 Å². The Balaban J connectivity index is 4.11. The normalized spacial score (nSPS) is 14.3. The van der Waals surface area contributed by atoms with Gasteiger partial charge in [-0.25, -0.2) is 0 Å². The molecule has 0 N–H and O–H groups in total. The molecule has 0 rings (SSSR count). The second kappa shape index (κ2) is 77.5. The van der Waals surface area contributed by atoms with E-state index in [0.717, 1.165) is 173 Å². The van der Waals surface area contributed by atoms with Crippen LogP contribution in [-0.4, -0.2) is 70.0 Å². The van der Waals surface area contributed by atoms with Crippen LogP contribution in [0.4, 0.5) is 0 Å². The molecule has 0 heterocycles. The molecule has 0 aliphatic carbocycles. The van der Waals surface area contributed by atoms with Gasteiger partial charge in [0.1, 0.15) is 19.8 Å². The summed E-state index contributed by atoms with van der Waals surface area (Å²) in [7, 11) is 1.13. The maximum atomic E-state index is 12.9. The Morgan fingerprint density at radius 2 is 0.540 bits per heavy atom. The molecule has 10 heteroatoms. The minimum atomic E-state index is -4.66. The standard InChI is InChI=1S/C90H144NO8P/c1-6-8-10-12-14-16-18-20-22-24-26-28-30-32-34-36-38-40-42-43-44-45-46-47-49-51-53-55-57-59-61-63-65-67-69-71-73-75-77-79-81-83-90(93)99-88(87-98-100(94,95)97-85-84-91(3,4)5)86-96-89(92)82-80-78-76-74-72-70-68-66-64-62-60-58-56-54-52-50-48-41-39-37-35-33-31-29-27-25-23-21-19-17-15-13-11-9-7-2/h8-11,14-17,20-23,26-29,32-35,38-41,43-44,46-47,50-53,57,59,63,65,88H,6-7,12-13,18-19,24-25,30-31,36-37,42,45,48-49,54-56,58,60-62,64,66-87H2,1-5H3/b10-8-,11-9-,16-14-,17-15-,22-20-,23-21-,28-26-,29-27-,34-32-,35-33-,40-38-,41-39-,44-43-,47-46-,52-50-,53-51-,59-57-,65-63-. The van der Waals surface area contributed by atoms with Crippen molar-refractivity contribution >= 4 is 19.8 Å². The highest BCUT2D eigenvalue weighted by molar-refractivity contribution is 7.45. The van der Waals surface area contributed by atoms with Crippen molar-refractivity contribution in [1.29, 1.82) is 0 Å². The number of phosphoric acid groups is 1. The SMILES string of the molecule is CC/C=C\C/C=C\C/C=C\C/C=C\C/C=C\C/C=C\C/C=C\C/C=C\C/C=C\C/C=C\C/C=C\CCCCCCCCCC(=O)OC(COC(=O)CCCCCCCCCCCCCCC/C=C\C/C=C\C/C=C\C/C=C\C/C=C\C/C=C\C/C=C\CC)COP(=O)([O-])OCC[N+](C)(C)C. The molecule has 0 aliphatic heterocycles. The molecular formula is C90H144NO8P. The lowest BCUT2D eigenvalue weighted by Gasteiger charge is -2.28. The molecule has 0 saturated heterocycles. The molecule has 0 amide bonds. The first-order valence-electron chi connectivity index (χ1n) is 39.4. The van der Waals surface area contributed by atoms with Gasteiger partial charge in [0.2, 0.25) is 0 Å². The fourth-order valence-corrected chi connectivity index (χ4v) is 10.8. The second-order valence-electron chi connectivity index (χ2n) is 26.6. The summed E-state index contributed by atoms with van der Waals surface area (Å²) in [6, 6.07) is 0. The summed E-state index contributed by atoms with van der Waals surface area (Å²) in [6.07, 6.45) is 123. The van der Waals surface area contributed by atoms with Crippen molar-refractivity contribution in [2.45, 2.75) is 290 Å². The van der Waals surface area contributed by atoms with E-state index in [-0.39, 0.29) is 26.1 Å². The molecule has 0 fully saturated rings. The summed E-state index contributed by atoms with van der Waals surface area (Å²) in [5.41, 5.74) is 0. The Bertz CT molecular complexity index is 2500. The number of hydrogen-bond acceptors (Lipinski definition) is 8. The smallest absolute Gasteiger partial charge is 0.306 e. The molecule has 0 bridgehead atoms. The summed E-state index contributed by atoms with van der Waals surface area (Å²) in [4.78, 5) is 38.2. The topological polar surface area (TPSA) is 111 Å². The van der Waals surface area contributed by atoms with Gasteiger partial charge in [-0.15, -0.1) is 0 Å². The van der Waals surface area contributed by atoms with Crippen molar-refractivity contribution in [3.8, 4) is 0 Å². The number of ether oxygens (including phenoxy) is 2. The summed E-state index contributed by atoms with van der Waals surface area (Å²) in [5.74, 6) is -0.858. The molecule has 0 aromatic rings. The van der Waals surface area contributed by atoms with Gasteiger partial charge in [0.15, 0.2) is 6.10 Å². The van der Waals surface area contributed by atoms with Gasteiger partial charge in [-0.3, -0.25) is 14.2 Å². The first-order valence-corrected chi connectivity index (χ1v) is 40.9. The highest BCUT2D eigenvalue weighted by Crippen LogP contribution is 2.38. The Hall–Kier alpha value is -5.67. The van der Waals surface area contributed by atoms with Crippen LogP contribution >= 0.6 is 7.82 Å². The van der Waals surface area contributed by atoms with Crippen LogP contribution < -0.4 is 4.89 Å². The van der Waals surface area contributed by atoms with Crippen molar-refractivity contribution in [3.63, 3.8) is 0 Å². The van der Waals surface area contributed by atoms with Gasteiger partial charge in [0.05, 0.1) is 27.7 Å². The summed E-state index contributed by atoms with van der Waals surface area (Å²) in [6.45, 7) is 3.98. The highest BCUT2D eigenvalue weighted by Gasteiger charge is 2.22. The van der Waals surface area contributed by atoms with Crippen molar-refractivity contribution in [2.24, 2.45) is 0 Å². The molecule has 0 spiro atoms. The molecule has 9 nitrogen and oxygen atoms in total. The maximum absolute atomic E-state index is 12.9. The fraction of sp³-hybridized carbons (Fsp3) is 0.578. The van der Waals surface area contributed by atoms with Gasteiger partial charge in [-0.05, 0) is 154 Å². The Morgan fingerprint density at radius 3 is 0.800 bits per heavy atom. The molecule has 0 aromatic carbocycles. The average molecular weight is 1400 g/mol. The van der Waals surface area contributed by atoms with Crippen LogP contribution in [0.2, 0.25) is 0 Å². The number of quaternary nitrogens is 1. The first kappa shape index (κ1) is 94.3. The number of allylic oxidation sites excluding steroid dienone is 36. The predicted octanol–water partition coefficient (Wildman–Crippen LogP) is 26.1. The van der Waals surface area contributed by atoms with Crippen LogP contribution in [0.15, 0.2) is 219 Å². The van der Waals surface area contributed by atoms with Gasteiger partial charge in [0.25, 0.3) is 7.82 Å². The minimum Gasteiger partial charge on any atom is -0.756 e. The van der Waals surface area contributed by atoms with Gasteiger partial charge in [0, 0.05) is 12.8 Å². The number of unbranched alkanes of at least 4 members (excludes halogenated alkanes) is 20. The van der Waals surface area contributed by atoms with Crippen LogP contribution in [0.25, 0.3) is 0 Å². The van der Waals surface area contributed by atoms with E-state index in [1.165, 1.54) is 77.0 Å². The number of esters is 2. The van der Waals surface area contributed by atoms with E-state index in [1.54, 1.807) is 0 Å². The average Bonchev–Trinajstić information content (AvgIpc) is 1.30. The van der Waals surface area contributed by atoms with Crippen molar-refractivity contribution in [3.05, 3.63) is 219 Å². The molecule has 0 aromatic heterocycles. The quantitative estimate of drug-likeness (QED) is 0.0195. The molecule has 0 radical (unpaired) electrons. The molecular weight excluding hydrogens is 1250 g/mol. The largest absolute Gasteiger partial charge is 0.756 e. The summed E-state index contributed by atoms with van der Waals surface area (Å²) in [5, 5.41) is 0. The number of phosphoric ester groups is 1. The molecule has 100 heavy (non-hydrogen) atoms. The number of nitrogens with zero attached hydrogens (tertiary/aromatic N) is 1. The summed E-state index contributed by atoms with van der Waals surface area (Å²) < 4.78 is 34.4. The van der Waals surface area contributed by atoms with Crippen LogP contribution in [0, 0.1) is 0 Å². The lowest BCUT2D eigenvalue weighted by molar-refractivity contribution is -0.870. The van der Waals surface area contributed by atoms with E-state index < -0.39 is 32.5 Å². The van der Waals surface area contributed by atoms with Crippen molar-refractivity contribution < 1.29 is 42.1 Å². The number of hydrogen-bond donors (Lipinski definition) is 0. The second-order valence-corrected chi connectivity index (χ2v) is 28.0. The van der Waals surface area contributed by atoms with E-state index in [0.29, 0.717) is 17.4 Å². The van der Waals surface area contributed by atoms with E-state index in [4.69, 9.17) is 18.5 Å². The van der Waals surface area contributed by atoms with Crippen LogP contribution in [0.5, 0.6) is 0 Å². The first-order chi connectivity index (χ1) is 49.0. The third kappa shape index (κ3) is 81.3. The molecule has 2 unspecified atom stereocenters. The molecule has 2 atom stereocenters. The van der Waals surface area contributed by atoms with E-state index in [9.17, 15) is 19.0 Å². The summed E-state index contributed by atoms with van der Waals surface area (Å²) >= 11 is 0. The van der Waals surface area contributed by atoms with Gasteiger partial charge in [-0.1, -0.05) is 335 Å². The number of carbonyl (C=O) groups excluding carboxylic acids is 2. The van der Waals surface area contributed by atoms with Crippen molar-refractivity contribution in [1.82, 2.24) is 0 Å². The number of carbonyl (C=O) groups is 2. The zero-order chi connectivity index (χ0) is 72.5. The number of rotatable bonds is 70. The minimum absolute atomic E-state index is 0.0439. The lowest BCUT2D eigenvalue weighted by Crippen LogP contribution is -2.37. The molecule has 0 aliphatic rings. The maximum Gasteiger partial charge on any atom is 0.306 e. The van der Waals surface area contributed by atoms with Gasteiger partial charge >= 0.3 is 11.9 Å². The van der Waals surface area contributed by atoms with E-state index >= 15 is 0 Å². The van der Waals surface area contributed by atoms with E-state index in [1.807, 2.05) is 21.1 Å². The lowest BCUT2D eigenvalue weighted by atomic mass is 10.0. The van der Waals surface area contributed by atoms with E-state index in [2.05, 4.69) is 233 Å². The molecule has 562 valence electrons. The monoisotopic (exact) mass is 1400 g/mol. The third-order valence-electron chi connectivity index (χ3n) is 16.0. The highest BCUT2D eigenvalue weighted by atomic mass is 31.2. The fourth-order valence-electron chi connectivity index (χ4n) is 10.1. The zero-order valence-electron chi connectivity index (χ0n) is 64.0. The third-order valence-corrected chi connectivity index (χ3v) is 17.0. The zero-order valence-corrected chi connectivity index (χ0v) is 64.9. The molecule has 0 saturated carbocycles. The Labute approximate surface area is 614 Å². The Morgan fingerprint density at radius 1 is 0.310 bits per heavy atom. The van der Waals surface area contributed by atoms with Crippen LogP contribution in [0.3, 0.4) is 0 Å². The van der Waals surface area contributed by atoms with Crippen LogP contribution in [0.1, 0.15) is 284 Å². The predicted molar refractivity (Wildman–Crippen MR) is 433 cm³/mol. The van der Waals surface area contributed by atoms with Crippen molar-refractivity contribution in [2.75, 3.05) is 47.5 Å². The van der Waals surface area contributed by atoms with Gasteiger partial charge in [-0.2, -0.15) is 0 Å². The number of likely N-dealkylation sites (N-methyl/N-ethyl adjacent to an activating group) is 1.